The maximum Gasteiger partial charge on any atom is 0.138 e. The van der Waals surface area contributed by atoms with Gasteiger partial charge in [-0.3, -0.25) is 4.79 Å². The highest BCUT2D eigenvalue weighted by Gasteiger charge is 2.31. The maximum atomic E-state index is 12.1. The molecule has 0 aromatic heterocycles. The molecule has 0 saturated heterocycles. The summed E-state index contributed by atoms with van der Waals surface area (Å²) in [5.74, 6) is 2.09. The van der Waals surface area contributed by atoms with Gasteiger partial charge in [-0.15, -0.1) is 0 Å². The highest BCUT2D eigenvalue weighted by Crippen LogP contribution is 2.34. The largest absolute Gasteiger partial charge is 0.302 e. The second-order valence-corrected chi connectivity index (χ2v) is 7.74. The van der Waals surface area contributed by atoms with E-state index >= 15 is 0 Å². The Morgan fingerprint density at radius 2 is 1.67 bits per heavy atom. The first-order valence-corrected chi connectivity index (χ1v) is 8.89. The molecule has 3 heteroatoms. The Kier molecular flexibility index (Phi) is 4.80. The van der Waals surface area contributed by atoms with Crippen molar-refractivity contribution in [1.29, 1.82) is 0 Å². The fourth-order valence-electron chi connectivity index (χ4n) is 2.98. The standard InChI is InChI=1S/C18H24BrNO/c1-13(21)18(16-6-8-17(19)9-7-16)12-20(10-14-2-3-14)11-15-4-5-15/h6-9,14-15,18H,2-5,10-12H2,1H3/t18-/m0/s1. The van der Waals surface area contributed by atoms with Gasteiger partial charge in [0.25, 0.3) is 0 Å². The maximum absolute atomic E-state index is 12.1. The Labute approximate surface area is 136 Å². The number of hydrogen-bond acceptors (Lipinski definition) is 2. The molecule has 0 unspecified atom stereocenters. The molecule has 1 aromatic carbocycles. The van der Waals surface area contributed by atoms with Gasteiger partial charge in [-0.2, -0.15) is 0 Å². The number of rotatable bonds is 8. The van der Waals surface area contributed by atoms with E-state index < -0.39 is 0 Å². The third-order valence-electron chi connectivity index (χ3n) is 4.63. The van der Waals surface area contributed by atoms with Gasteiger partial charge in [-0.25, -0.2) is 0 Å². The van der Waals surface area contributed by atoms with Crippen molar-refractivity contribution >= 4 is 21.7 Å². The second-order valence-electron chi connectivity index (χ2n) is 6.82. The van der Waals surface area contributed by atoms with Crippen LogP contribution in [0.4, 0.5) is 0 Å². The number of benzene rings is 1. The molecule has 1 aromatic rings. The van der Waals surface area contributed by atoms with Crippen molar-refractivity contribution < 1.29 is 4.79 Å². The lowest BCUT2D eigenvalue weighted by Crippen LogP contribution is -2.34. The summed E-state index contributed by atoms with van der Waals surface area (Å²) in [7, 11) is 0. The summed E-state index contributed by atoms with van der Waals surface area (Å²) in [5, 5.41) is 0. The van der Waals surface area contributed by atoms with E-state index in [1.165, 1.54) is 38.8 Å². The van der Waals surface area contributed by atoms with Crippen LogP contribution in [0.5, 0.6) is 0 Å². The number of carbonyl (C=O) groups is 1. The van der Waals surface area contributed by atoms with E-state index in [-0.39, 0.29) is 11.7 Å². The minimum atomic E-state index is 0.0237. The van der Waals surface area contributed by atoms with Crippen molar-refractivity contribution in [3.8, 4) is 0 Å². The summed E-state index contributed by atoms with van der Waals surface area (Å²) < 4.78 is 1.07. The van der Waals surface area contributed by atoms with Crippen LogP contribution in [0.1, 0.15) is 44.1 Å². The zero-order valence-electron chi connectivity index (χ0n) is 12.7. The lowest BCUT2D eigenvalue weighted by Gasteiger charge is -2.26. The molecule has 3 rings (SSSR count). The molecule has 2 nitrogen and oxygen atoms in total. The van der Waals surface area contributed by atoms with Crippen LogP contribution in [0.2, 0.25) is 0 Å². The van der Waals surface area contributed by atoms with E-state index in [1.807, 2.05) is 12.1 Å². The van der Waals surface area contributed by atoms with Crippen LogP contribution in [0.3, 0.4) is 0 Å². The van der Waals surface area contributed by atoms with Crippen LogP contribution in [-0.2, 0) is 4.79 Å². The Morgan fingerprint density at radius 1 is 1.14 bits per heavy atom. The Hall–Kier alpha value is -0.670. The van der Waals surface area contributed by atoms with E-state index in [4.69, 9.17) is 0 Å². The van der Waals surface area contributed by atoms with Gasteiger partial charge in [0, 0.05) is 24.1 Å². The number of Topliss-reactive ketones (excluding diaryl/α,β-unsaturated/α-hetero) is 1. The van der Waals surface area contributed by atoms with Crippen LogP contribution in [0.15, 0.2) is 28.7 Å². The Morgan fingerprint density at radius 3 is 2.10 bits per heavy atom. The molecule has 2 aliphatic rings. The lowest BCUT2D eigenvalue weighted by atomic mass is 9.94. The number of hydrogen-bond donors (Lipinski definition) is 0. The molecule has 0 N–H and O–H groups in total. The first-order chi connectivity index (χ1) is 10.1. The number of ketones is 1. The molecule has 2 saturated carbocycles. The van der Waals surface area contributed by atoms with Crippen LogP contribution in [0.25, 0.3) is 0 Å². The molecule has 2 aliphatic carbocycles. The third-order valence-corrected chi connectivity index (χ3v) is 5.16. The average molecular weight is 350 g/mol. The highest BCUT2D eigenvalue weighted by molar-refractivity contribution is 9.10. The lowest BCUT2D eigenvalue weighted by molar-refractivity contribution is -0.118. The molecule has 2 fully saturated rings. The monoisotopic (exact) mass is 349 g/mol. The number of halogens is 1. The van der Waals surface area contributed by atoms with Crippen molar-refractivity contribution in [1.82, 2.24) is 4.90 Å². The predicted octanol–water partition coefficient (Wildman–Crippen LogP) is 4.24. The predicted molar refractivity (Wildman–Crippen MR) is 89.5 cm³/mol. The van der Waals surface area contributed by atoms with Crippen LogP contribution >= 0.6 is 15.9 Å². The SMILES string of the molecule is CC(=O)[C@H](CN(CC1CC1)CC1CC1)c1ccc(Br)cc1. The van der Waals surface area contributed by atoms with E-state index in [1.54, 1.807) is 6.92 Å². The van der Waals surface area contributed by atoms with E-state index in [9.17, 15) is 4.79 Å². The normalized spacial score (nSPS) is 19.8. The topological polar surface area (TPSA) is 20.3 Å². The summed E-state index contributed by atoms with van der Waals surface area (Å²) in [6, 6.07) is 8.25. The first kappa shape index (κ1) is 15.2. The quantitative estimate of drug-likeness (QED) is 0.699. The zero-order valence-corrected chi connectivity index (χ0v) is 14.3. The molecular formula is C18H24BrNO. The summed E-state index contributed by atoms with van der Waals surface area (Å²) >= 11 is 3.47. The summed E-state index contributed by atoms with van der Waals surface area (Å²) in [5.41, 5.74) is 1.15. The molecule has 0 aliphatic heterocycles. The molecule has 0 bridgehead atoms. The smallest absolute Gasteiger partial charge is 0.138 e. The molecule has 21 heavy (non-hydrogen) atoms. The van der Waals surface area contributed by atoms with Gasteiger partial charge in [0.2, 0.25) is 0 Å². The first-order valence-electron chi connectivity index (χ1n) is 8.10. The van der Waals surface area contributed by atoms with Gasteiger partial charge < -0.3 is 4.90 Å². The molecule has 0 amide bonds. The third kappa shape index (κ3) is 4.65. The minimum absolute atomic E-state index is 0.0237. The fourth-order valence-corrected chi connectivity index (χ4v) is 3.24. The molecule has 0 radical (unpaired) electrons. The van der Waals surface area contributed by atoms with E-state index in [0.717, 1.165) is 28.4 Å². The molecule has 1 atom stereocenters. The Bertz CT molecular complexity index is 476. The van der Waals surface area contributed by atoms with Crippen molar-refractivity contribution in [3.05, 3.63) is 34.3 Å². The van der Waals surface area contributed by atoms with Crippen molar-refractivity contribution in [3.63, 3.8) is 0 Å². The molecule has 0 heterocycles. The molecular weight excluding hydrogens is 326 g/mol. The number of nitrogens with zero attached hydrogens (tertiary/aromatic N) is 1. The fraction of sp³-hybridized carbons (Fsp3) is 0.611. The van der Waals surface area contributed by atoms with Gasteiger partial charge in [0.1, 0.15) is 5.78 Å². The summed E-state index contributed by atoms with van der Waals surface area (Å²) in [4.78, 5) is 14.7. The number of carbonyl (C=O) groups excluding carboxylic acids is 1. The van der Waals surface area contributed by atoms with Gasteiger partial charge in [0.05, 0.1) is 5.92 Å². The van der Waals surface area contributed by atoms with Gasteiger partial charge >= 0.3 is 0 Å². The summed E-state index contributed by atoms with van der Waals surface area (Å²) in [6.07, 6.45) is 5.52. The summed E-state index contributed by atoms with van der Waals surface area (Å²) in [6.45, 7) is 5.01. The Balaban J connectivity index is 1.68. The van der Waals surface area contributed by atoms with Crippen LogP contribution in [0, 0.1) is 11.8 Å². The van der Waals surface area contributed by atoms with Gasteiger partial charge in [0.15, 0.2) is 0 Å². The van der Waals surface area contributed by atoms with Crippen LogP contribution < -0.4 is 0 Å². The van der Waals surface area contributed by atoms with Gasteiger partial charge in [-0.1, -0.05) is 28.1 Å². The van der Waals surface area contributed by atoms with E-state index in [0.29, 0.717) is 0 Å². The molecule has 114 valence electrons. The molecule has 0 spiro atoms. The average Bonchev–Trinajstić information content (AvgIpc) is 3.33. The van der Waals surface area contributed by atoms with Crippen molar-refractivity contribution in [2.75, 3.05) is 19.6 Å². The second kappa shape index (κ2) is 6.62. The zero-order chi connectivity index (χ0) is 14.8. The minimum Gasteiger partial charge on any atom is -0.302 e. The van der Waals surface area contributed by atoms with Crippen molar-refractivity contribution in [2.24, 2.45) is 11.8 Å². The van der Waals surface area contributed by atoms with Crippen LogP contribution in [-0.4, -0.2) is 30.3 Å². The van der Waals surface area contributed by atoms with Gasteiger partial charge in [-0.05, 0) is 62.1 Å². The van der Waals surface area contributed by atoms with Crippen molar-refractivity contribution in [2.45, 2.75) is 38.5 Å². The highest BCUT2D eigenvalue weighted by atomic mass is 79.9. The van der Waals surface area contributed by atoms with E-state index in [2.05, 4.69) is 33.0 Å².